The van der Waals surface area contributed by atoms with Crippen LogP contribution in [0.4, 0.5) is 5.69 Å². The second kappa shape index (κ2) is 7.50. The van der Waals surface area contributed by atoms with Gasteiger partial charge < -0.3 is 16.4 Å². The van der Waals surface area contributed by atoms with Crippen molar-refractivity contribution in [3.05, 3.63) is 71.3 Å². The number of pyridine rings is 1. The summed E-state index contributed by atoms with van der Waals surface area (Å²) in [6.45, 7) is 0.798. The van der Waals surface area contributed by atoms with Gasteiger partial charge in [0.1, 0.15) is 0 Å². The number of alkyl halides is 1. The molecule has 4 atom stereocenters. The van der Waals surface area contributed by atoms with Crippen molar-refractivity contribution in [3.63, 3.8) is 0 Å². The first-order chi connectivity index (χ1) is 13.0. The van der Waals surface area contributed by atoms with Gasteiger partial charge in [0.05, 0.1) is 22.6 Å². The van der Waals surface area contributed by atoms with Crippen LogP contribution in [0.5, 0.6) is 0 Å². The van der Waals surface area contributed by atoms with Crippen LogP contribution in [0.2, 0.25) is 5.02 Å². The molecule has 0 radical (unpaired) electrons. The number of benzene rings is 1. The summed E-state index contributed by atoms with van der Waals surface area (Å²) in [7, 11) is 0. The molecule has 1 fully saturated rings. The number of aromatic nitrogens is 1. The molecule has 0 spiro atoms. The Morgan fingerprint density at radius 3 is 2.81 bits per heavy atom. The zero-order valence-corrected chi connectivity index (χ0v) is 16.7. The zero-order valence-electron chi connectivity index (χ0n) is 14.4. The highest BCUT2D eigenvalue weighted by Gasteiger charge is 2.48. The number of carbonyl (C=O) groups is 1. The molecule has 140 valence electrons. The van der Waals surface area contributed by atoms with E-state index in [1.807, 2.05) is 30.7 Å². The molecule has 1 aromatic heterocycles. The zero-order chi connectivity index (χ0) is 19.0. The highest BCUT2D eigenvalue weighted by Crippen LogP contribution is 2.35. The maximum atomic E-state index is 12.7. The monoisotopic (exact) mass is 448 g/mol. The summed E-state index contributed by atoms with van der Waals surface area (Å²) in [5, 5.41) is 10.5. The summed E-state index contributed by atoms with van der Waals surface area (Å²) in [5.74, 6) is -0.125. The quantitative estimate of drug-likeness (QED) is 0.426. The lowest BCUT2D eigenvalue weighted by atomic mass is 9.88. The first-order valence-electron chi connectivity index (χ1n) is 8.70. The summed E-state index contributed by atoms with van der Waals surface area (Å²) in [5.41, 5.74) is 8.10. The van der Waals surface area contributed by atoms with E-state index in [0.29, 0.717) is 16.3 Å². The smallest absolute Gasteiger partial charge is 0.255 e. The average molecular weight is 450 g/mol. The minimum atomic E-state index is -0.159. The lowest BCUT2D eigenvalue weighted by molar-refractivity contribution is -0.728. The van der Waals surface area contributed by atoms with Gasteiger partial charge >= 0.3 is 0 Å². The molecule has 2 aliphatic rings. The van der Waals surface area contributed by atoms with Gasteiger partial charge in [-0.15, -0.1) is 0 Å². The topological polar surface area (TPSA) is 83.1 Å². The molecule has 0 saturated carbocycles. The third-order valence-electron chi connectivity index (χ3n) is 4.96. The SMILES string of the molecule is Nc1ccc[n+](C2C(Br)CNC3NC=C(NC(=O)c4ccc(Cl)cc4)C32)c1. The molecule has 4 rings (SSSR count). The lowest BCUT2D eigenvalue weighted by Gasteiger charge is -2.35. The van der Waals surface area contributed by atoms with Gasteiger partial charge in [-0.05, 0) is 30.3 Å². The van der Waals surface area contributed by atoms with Crippen LogP contribution >= 0.6 is 27.5 Å². The first kappa shape index (κ1) is 18.3. The number of halogens is 2. The van der Waals surface area contributed by atoms with Crippen molar-refractivity contribution in [1.82, 2.24) is 16.0 Å². The van der Waals surface area contributed by atoms with Crippen molar-refractivity contribution >= 4 is 39.1 Å². The number of hydrogen-bond acceptors (Lipinski definition) is 4. The summed E-state index contributed by atoms with van der Waals surface area (Å²) in [6, 6.07) is 10.7. The van der Waals surface area contributed by atoms with Gasteiger partial charge in [0.15, 0.2) is 18.4 Å². The second-order valence-electron chi connectivity index (χ2n) is 6.73. The Labute approximate surface area is 170 Å². The standard InChI is InChI=1S/C19H19BrClN5O/c20-14-8-23-18-16(17(14)26-7-1-2-13(22)10-26)15(9-24-18)25-19(27)11-3-5-12(21)6-4-11/h1-7,9-10,14,16-18,23-24H,8,22H2/p+1. The number of hydrogen-bond donors (Lipinski definition) is 4. The number of piperidine rings is 1. The second-order valence-corrected chi connectivity index (χ2v) is 8.34. The molecular formula is C19H20BrClN5O+. The van der Waals surface area contributed by atoms with Crippen LogP contribution in [-0.4, -0.2) is 23.4 Å². The summed E-state index contributed by atoms with van der Waals surface area (Å²) in [4.78, 5) is 12.9. The third kappa shape index (κ3) is 3.67. The van der Waals surface area contributed by atoms with Gasteiger partial charge in [0.2, 0.25) is 0 Å². The number of carbonyl (C=O) groups excluding carboxylic acids is 1. The molecule has 5 N–H and O–H groups in total. The predicted octanol–water partition coefficient (Wildman–Crippen LogP) is 1.93. The third-order valence-corrected chi connectivity index (χ3v) is 6.08. The molecule has 8 heteroatoms. The Bertz CT molecular complexity index is 888. The highest BCUT2D eigenvalue weighted by atomic mass is 79.9. The van der Waals surface area contributed by atoms with Gasteiger partial charge in [-0.2, -0.15) is 4.57 Å². The van der Waals surface area contributed by atoms with Crippen LogP contribution in [-0.2, 0) is 0 Å². The number of nitrogen functional groups attached to an aromatic ring is 1. The summed E-state index contributed by atoms with van der Waals surface area (Å²) >= 11 is 9.71. The Morgan fingerprint density at radius 1 is 1.30 bits per heavy atom. The van der Waals surface area contributed by atoms with E-state index in [9.17, 15) is 4.79 Å². The van der Waals surface area contributed by atoms with Crippen LogP contribution < -0.4 is 26.3 Å². The minimum Gasteiger partial charge on any atom is -0.394 e. The van der Waals surface area contributed by atoms with E-state index in [1.54, 1.807) is 24.3 Å². The molecular weight excluding hydrogens is 430 g/mol. The molecule has 4 unspecified atom stereocenters. The molecule has 0 bridgehead atoms. The number of nitrogens with two attached hydrogens (primary N) is 1. The van der Waals surface area contributed by atoms with E-state index >= 15 is 0 Å². The molecule has 1 amide bonds. The van der Waals surface area contributed by atoms with Crippen molar-refractivity contribution in [3.8, 4) is 0 Å². The number of rotatable bonds is 3. The van der Waals surface area contributed by atoms with Crippen LogP contribution in [0.15, 0.2) is 60.7 Å². The maximum absolute atomic E-state index is 12.7. The molecule has 2 aliphatic heterocycles. The maximum Gasteiger partial charge on any atom is 0.255 e. The van der Waals surface area contributed by atoms with Crippen molar-refractivity contribution in [1.29, 1.82) is 0 Å². The summed E-state index contributed by atoms with van der Waals surface area (Å²) in [6.07, 6.45) is 5.85. The van der Waals surface area contributed by atoms with Crippen LogP contribution in [0, 0.1) is 5.92 Å². The van der Waals surface area contributed by atoms with Crippen molar-refractivity contribution in [2.24, 2.45) is 5.92 Å². The number of fused-ring (bicyclic) bond motifs is 1. The Balaban J connectivity index is 1.60. The number of nitrogens with one attached hydrogen (secondary N) is 3. The van der Waals surface area contributed by atoms with Crippen LogP contribution in [0.3, 0.4) is 0 Å². The fraction of sp³-hybridized carbons (Fsp3) is 0.263. The van der Waals surface area contributed by atoms with Crippen molar-refractivity contribution < 1.29 is 9.36 Å². The van der Waals surface area contributed by atoms with Gasteiger partial charge in [0.25, 0.3) is 5.91 Å². The van der Waals surface area contributed by atoms with E-state index in [0.717, 1.165) is 12.2 Å². The molecule has 1 saturated heterocycles. The fourth-order valence-electron chi connectivity index (χ4n) is 3.70. The van der Waals surface area contributed by atoms with Crippen LogP contribution in [0.1, 0.15) is 16.4 Å². The fourth-order valence-corrected chi connectivity index (χ4v) is 4.62. The molecule has 0 aliphatic carbocycles. The lowest BCUT2D eigenvalue weighted by Crippen LogP contribution is -2.62. The van der Waals surface area contributed by atoms with Gasteiger partial charge in [-0.1, -0.05) is 27.5 Å². The number of nitrogens with zero attached hydrogens (tertiary/aromatic N) is 1. The van der Waals surface area contributed by atoms with Crippen LogP contribution in [0.25, 0.3) is 0 Å². The Morgan fingerprint density at radius 2 is 2.07 bits per heavy atom. The normalized spacial score (nSPS) is 26.7. The molecule has 2 aromatic rings. The summed E-state index contributed by atoms with van der Waals surface area (Å²) < 4.78 is 2.11. The van der Waals surface area contributed by atoms with Gasteiger partial charge in [-0.25, -0.2) is 0 Å². The van der Waals surface area contributed by atoms with E-state index in [1.165, 1.54) is 0 Å². The van der Waals surface area contributed by atoms with Crippen molar-refractivity contribution in [2.45, 2.75) is 17.0 Å². The molecule has 3 heterocycles. The molecule has 27 heavy (non-hydrogen) atoms. The number of anilines is 1. The average Bonchev–Trinajstić information content (AvgIpc) is 3.05. The highest BCUT2D eigenvalue weighted by molar-refractivity contribution is 9.09. The van der Waals surface area contributed by atoms with E-state index < -0.39 is 0 Å². The first-order valence-corrected chi connectivity index (χ1v) is 9.99. The van der Waals surface area contributed by atoms with E-state index in [4.69, 9.17) is 17.3 Å². The van der Waals surface area contributed by atoms with E-state index in [2.05, 4.69) is 36.4 Å². The molecule has 6 nitrogen and oxygen atoms in total. The largest absolute Gasteiger partial charge is 0.394 e. The Kier molecular flexibility index (Phi) is 5.08. The van der Waals surface area contributed by atoms with E-state index in [-0.39, 0.29) is 28.9 Å². The predicted molar refractivity (Wildman–Crippen MR) is 108 cm³/mol. The number of amides is 1. The van der Waals surface area contributed by atoms with Crippen molar-refractivity contribution in [2.75, 3.05) is 12.3 Å². The molecule has 1 aromatic carbocycles. The van der Waals surface area contributed by atoms with Gasteiger partial charge in [-0.3, -0.25) is 10.1 Å². The Hall–Kier alpha value is -2.09. The minimum absolute atomic E-state index is 0.0335. The van der Waals surface area contributed by atoms with Gasteiger partial charge in [0, 0.05) is 35.1 Å².